The maximum absolute atomic E-state index is 10.7. The molecule has 10 radical (unpaired) electrons. The molecule has 0 atom stereocenters. The molecule has 0 N–H and O–H groups in total. The van der Waals surface area contributed by atoms with Crippen LogP contribution in [0.15, 0.2) is 24.3 Å². The Hall–Kier alpha value is -0.591. The molecule has 0 bridgehead atoms. The molecule has 0 saturated heterocycles. The second-order valence-electron chi connectivity index (χ2n) is 3.84. The van der Waals surface area contributed by atoms with Crippen LogP contribution in [0.3, 0.4) is 0 Å². The molecule has 1 aromatic carbocycles. The van der Waals surface area contributed by atoms with Crippen molar-refractivity contribution in [3.63, 3.8) is 0 Å². The van der Waals surface area contributed by atoms with Crippen molar-refractivity contribution in [3.8, 4) is 0 Å². The summed E-state index contributed by atoms with van der Waals surface area (Å²) < 4.78 is 0. The number of hydrogen-bond donors (Lipinski definition) is 0. The van der Waals surface area contributed by atoms with Crippen LogP contribution in [0.2, 0.25) is 0 Å². The molecule has 2 aliphatic carbocycles. The summed E-state index contributed by atoms with van der Waals surface area (Å²) in [4.78, 5) is 10.7. The van der Waals surface area contributed by atoms with Gasteiger partial charge < -0.3 is 0 Å². The Bertz CT molecular complexity index is 358. The molecule has 19 heavy (non-hydrogen) atoms. The fourth-order valence-corrected chi connectivity index (χ4v) is 1.74. The van der Waals surface area contributed by atoms with E-state index in [2.05, 4.69) is 0 Å². The summed E-state index contributed by atoms with van der Waals surface area (Å²) in [5.41, 5.74) is 1.75. The van der Waals surface area contributed by atoms with Gasteiger partial charge in [-0.2, -0.15) is 0 Å². The molecule has 2 saturated carbocycles. The first-order chi connectivity index (χ1) is 8.92. The number of hydrogen-bond acceptors (Lipinski definition) is 1. The minimum absolute atomic E-state index is 0. The standard InChI is InChI=1S/C12H9O.C5H5.Fe/c13-9-11-7-3-4-8-12(11)10-5-1-2-6-10;1-2-4-5-3-1;/h1-9H;1-5H;/q;;+2. The van der Waals surface area contributed by atoms with Crippen molar-refractivity contribution in [2.24, 2.45) is 0 Å². The van der Waals surface area contributed by atoms with E-state index in [1.54, 1.807) is 0 Å². The van der Waals surface area contributed by atoms with E-state index in [0.717, 1.165) is 23.3 Å². The molecule has 0 unspecified atom stereocenters. The molecule has 0 heterocycles. The number of carbonyl (C=O) groups excluding carboxylic acids is 1. The monoisotopic (exact) mass is 290 g/mol. The minimum Gasteiger partial charge on any atom is -0.298 e. The maximum Gasteiger partial charge on any atom is 2.00 e. The summed E-state index contributed by atoms with van der Waals surface area (Å²) in [6.45, 7) is 0. The van der Waals surface area contributed by atoms with Gasteiger partial charge in [-0.3, -0.25) is 4.79 Å². The third-order valence-corrected chi connectivity index (χ3v) is 2.62. The third-order valence-electron chi connectivity index (χ3n) is 2.62. The zero-order valence-corrected chi connectivity index (χ0v) is 11.4. The van der Waals surface area contributed by atoms with Crippen LogP contribution in [0.5, 0.6) is 0 Å². The molecule has 2 aliphatic rings. The Labute approximate surface area is 127 Å². The first-order valence-electron chi connectivity index (χ1n) is 5.85. The normalized spacial score (nSPS) is 18.3. The van der Waals surface area contributed by atoms with Gasteiger partial charge in [-0.25, -0.2) is 0 Å². The molecule has 1 nitrogen and oxygen atoms in total. The average molecular weight is 290 g/mol. The van der Waals surface area contributed by atoms with Crippen LogP contribution >= 0.6 is 0 Å². The van der Waals surface area contributed by atoms with E-state index in [1.807, 2.05) is 82.1 Å². The van der Waals surface area contributed by atoms with Crippen molar-refractivity contribution in [1.29, 1.82) is 0 Å². The summed E-state index contributed by atoms with van der Waals surface area (Å²) in [7, 11) is 0. The van der Waals surface area contributed by atoms with Gasteiger partial charge in [0.2, 0.25) is 0 Å². The van der Waals surface area contributed by atoms with Gasteiger partial charge in [-0.1, -0.05) is 24.3 Å². The van der Waals surface area contributed by atoms with E-state index in [-0.39, 0.29) is 17.1 Å². The van der Waals surface area contributed by atoms with Gasteiger partial charge in [0.05, 0.1) is 0 Å². The summed E-state index contributed by atoms with van der Waals surface area (Å²) in [6.07, 6.45) is 18.8. The molecule has 0 aliphatic heterocycles. The second-order valence-corrected chi connectivity index (χ2v) is 3.84. The Balaban J connectivity index is 0.000000256. The van der Waals surface area contributed by atoms with Crippen molar-refractivity contribution >= 4 is 6.29 Å². The Morgan fingerprint density at radius 3 is 1.79 bits per heavy atom. The predicted molar refractivity (Wildman–Crippen MR) is 72.9 cm³/mol. The molecule has 0 amide bonds. The van der Waals surface area contributed by atoms with E-state index >= 15 is 0 Å². The summed E-state index contributed by atoms with van der Waals surface area (Å²) >= 11 is 0. The number of benzene rings is 1. The maximum atomic E-state index is 10.7. The first-order valence-corrected chi connectivity index (χ1v) is 5.85. The van der Waals surface area contributed by atoms with Gasteiger partial charge in [-0.05, 0) is 63.4 Å². The minimum atomic E-state index is 0. The first kappa shape index (κ1) is 16.5. The van der Waals surface area contributed by atoms with E-state index in [1.165, 1.54) is 0 Å². The van der Waals surface area contributed by atoms with Crippen LogP contribution in [0, 0.1) is 63.7 Å². The summed E-state index contributed by atoms with van der Waals surface area (Å²) in [6, 6.07) is 7.60. The average Bonchev–Trinajstić information content (AvgIpc) is 3.14. The third kappa shape index (κ3) is 5.12. The Morgan fingerprint density at radius 2 is 1.26 bits per heavy atom. The van der Waals surface area contributed by atoms with E-state index in [9.17, 15) is 4.79 Å². The van der Waals surface area contributed by atoms with Gasteiger partial charge >= 0.3 is 17.1 Å². The molecule has 3 rings (SSSR count). The fourth-order valence-electron chi connectivity index (χ4n) is 1.74. The van der Waals surface area contributed by atoms with Crippen molar-refractivity contribution in [3.05, 3.63) is 99.1 Å². The Morgan fingerprint density at radius 1 is 0.737 bits per heavy atom. The van der Waals surface area contributed by atoms with Gasteiger partial charge in [0.1, 0.15) is 6.29 Å². The molecule has 94 valence electrons. The molecule has 2 fully saturated rings. The second kappa shape index (κ2) is 9.33. The van der Waals surface area contributed by atoms with Crippen molar-refractivity contribution in [2.45, 2.75) is 0 Å². The predicted octanol–water partition coefficient (Wildman–Crippen LogP) is 3.27. The van der Waals surface area contributed by atoms with Crippen LogP contribution in [-0.2, 0) is 17.1 Å². The Kier molecular flexibility index (Phi) is 8.09. The van der Waals surface area contributed by atoms with Gasteiger partial charge in [-0.15, -0.1) is 0 Å². The number of carbonyl (C=O) groups is 1. The molecular formula is C17H14FeO+2. The van der Waals surface area contributed by atoms with Crippen molar-refractivity contribution in [2.75, 3.05) is 0 Å². The van der Waals surface area contributed by atoms with E-state index in [4.69, 9.17) is 0 Å². The number of rotatable bonds is 2. The van der Waals surface area contributed by atoms with Crippen LogP contribution in [0.4, 0.5) is 0 Å². The van der Waals surface area contributed by atoms with Crippen molar-refractivity contribution in [1.82, 2.24) is 0 Å². The van der Waals surface area contributed by atoms with E-state index < -0.39 is 0 Å². The van der Waals surface area contributed by atoms with Crippen LogP contribution in [-0.4, -0.2) is 6.29 Å². The SMILES string of the molecule is O=Cc1ccccc1[C]1[CH][CH][CH][CH]1.[CH]1[CH][CH][CH][CH]1.[Fe+2]. The van der Waals surface area contributed by atoms with E-state index in [0.29, 0.717) is 0 Å². The number of aldehydes is 1. The molecular weight excluding hydrogens is 276 g/mol. The van der Waals surface area contributed by atoms with Gasteiger partial charge in [0.25, 0.3) is 0 Å². The molecule has 0 spiro atoms. The van der Waals surface area contributed by atoms with Crippen molar-refractivity contribution < 1.29 is 21.9 Å². The quantitative estimate of drug-likeness (QED) is 0.603. The molecule has 2 heteroatoms. The summed E-state index contributed by atoms with van der Waals surface area (Å²) in [5.74, 6) is 1.10. The summed E-state index contributed by atoms with van der Waals surface area (Å²) in [5, 5.41) is 0. The smallest absolute Gasteiger partial charge is 0.298 e. The van der Waals surface area contributed by atoms with Gasteiger partial charge in [0.15, 0.2) is 0 Å². The molecule has 1 aromatic rings. The van der Waals surface area contributed by atoms with Crippen LogP contribution in [0.1, 0.15) is 15.9 Å². The largest absolute Gasteiger partial charge is 2.00 e. The zero-order valence-electron chi connectivity index (χ0n) is 10.3. The van der Waals surface area contributed by atoms with Crippen LogP contribution < -0.4 is 0 Å². The topological polar surface area (TPSA) is 17.1 Å². The van der Waals surface area contributed by atoms with Gasteiger partial charge in [0, 0.05) is 11.5 Å². The fraction of sp³-hybridized carbons (Fsp3) is 0. The molecule has 0 aromatic heterocycles. The zero-order chi connectivity index (χ0) is 12.6. The van der Waals surface area contributed by atoms with Crippen LogP contribution in [0.25, 0.3) is 0 Å².